The second kappa shape index (κ2) is 6.42. The fraction of sp³-hybridized carbons (Fsp3) is 0.208. The summed E-state index contributed by atoms with van der Waals surface area (Å²) in [4.78, 5) is 42.7. The highest BCUT2D eigenvalue weighted by Gasteiger charge is 2.57. The van der Waals surface area contributed by atoms with Crippen molar-refractivity contribution >= 4 is 40.0 Å². The second-order valence-corrected chi connectivity index (χ2v) is 8.09. The van der Waals surface area contributed by atoms with Gasteiger partial charge in [-0.05, 0) is 41.0 Å². The molecule has 0 bridgehead atoms. The van der Waals surface area contributed by atoms with Crippen LogP contribution in [0.2, 0.25) is 0 Å². The molecule has 0 saturated carbocycles. The number of hydrogen-bond acceptors (Lipinski definition) is 4. The van der Waals surface area contributed by atoms with Gasteiger partial charge in [-0.3, -0.25) is 14.9 Å². The number of aryl methyl sites for hydroxylation is 1. The van der Waals surface area contributed by atoms with E-state index in [0.29, 0.717) is 5.69 Å². The van der Waals surface area contributed by atoms with E-state index < -0.39 is 23.3 Å². The summed E-state index contributed by atoms with van der Waals surface area (Å²) in [5.74, 6) is -1.01. The van der Waals surface area contributed by atoms with E-state index in [1.54, 1.807) is 12.1 Å². The molecule has 1 atom stereocenters. The Bertz CT molecular complexity index is 1240. The lowest BCUT2D eigenvalue weighted by atomic mass is 9.73. The predicted octanol–water partition coefficient (Wildman–Crippen LogP) is 3.41. The van der Waals surface area contributed by atoms with Crippen molar-refractivity contribution in [3.8, 4) is 0 Å². The van der Waals surface area contributed by atoms with Crippen molar-refractivity contribution < 1.29 is 14.4 Å². The Morgan fingerprint density at radius 3 is 2.43 bits per heavy atom. The average molecular weight is 399 g/mol. The minimum absolute atomic E-state index is 0.207. The zero-order chi connectivity index (χ0) is 21.0. The molecular formula is C24H21N3O3. The first-order valence-electron chi connectivity index (χ1n) is 9.90. The van der Waals surface area contributed by atoms with Crippen molar-refractivity contribution in [2.45, 2.75) is 13.3 Å². The summed E-state index contributed by atoms with van der Waals surface area (Å²) in [5.41, 5.74) is 1.87. The molecule has 0 radical (unpaired) electrons. The van der Waals surface area contributed by atoms with Crippen LogP contribution in [0, 0.1) is 12.3 Å². The summed E-state index contributed by atoms with van der Waals surface area (Å²) in [6, 6.07) is 18.5. The van der Waals surface area contributed by atoms with Crippen LogP contribution >= 0.6 is 0 Å². The number of rotatable bonds is 1. The third kappa shape index (κ3) is 2.46. The van der Waals surface area contributed by atoms with Crippen LogP contribution in [0.1, 0.15) is 11.1 Å². The van der Waals surface area contributed by atoms with Crippen molar-refractivity contribution in [2.75, 3.05) is 23.4 Å². The van der Waals surface area contributed by atoms with Crippen molar-refractivity contribution in [3.05, 3.63) is 71.8 Å². The zero-order valence-corrected chi connectivity index (χ0v) is 16.8. The maximum absolute atomic E-state index is 13.8. The summed E-state index contributed by atoms with van der Waals surface area (Å²) in [6.45, 7) is 2.05. The molecule has 2 aliphatic heterocycles. The fourth-order valence-electron chi connectivity index (χ4n) is 4.72. The van der Waals surface area contributed by atoms with Crippen LogP contribution in [0.25, 0.3) is 10.8 Å². The monoisotopic (exact) mass is 399 g/mol. The van der Waals surface area contributed by atoms with Gasteiger partial charge in [0, 0.05) is 25.7 Å². The molecule has 3 aromatic carbocycles. The third-order valence-electron chi connectivity index (χ3n) is 6.24. The lowest BCUT2D eigenvalue weighted by molar-refractivity contribution is -0.142. The summed E-state index contributed by atoms with van der Waals surface area (Å²) in [7, 11) is 1.88. The Morgan fingerprint density at radius 1 is 0.900 bits per heavy atom. The smallest absolute Gasteiger partial charge is 0.335 e. The van der Waals surface area contributed by atoms with Gasteiger partial charge in [0.25, 0.3) is 5.91 Å². The van der Waals surface area contributed by atoms with Crippen LogP contribution in [0.3, 0.4) is 0 Å². The van der Waals surface area contributed by atoms with Crippen molar-refractivity contribution in [3.63, 3.8) is 0 Å². The number of benzene rings is 3. The average Bonchev–Trinajstić information content (AvgIpc) is 2.74. The molecule has 1 N–H and O–H groups in total. The largest absolute Gasteiger partial charge is 0.373 e. The Morgan fingerprint density at radius 2 is 1.63 bits per heavy atom. The van der Waals surface area contributed by atoms with Gasteiger partial charge < -0.3 is 4.90 Å². The Kier molecular flexibility index (Phi) is 3.93. The topological polar surface area (TPSA) is 69.7 Å². The molecule has 1 saturated heterocycles. The van der Waals surface area contributed by atoms with E-state index in [1.165, 1.54) is 0 Å². The lowest BCUT2D eigenvalue weighted by Gasteiger charge is -2.45. The molecule has 150 valence electrons. The van der Waals surface area contributed by atoms with E-state index in [9.17, 15) is 14.4 Å². The van der Waals surface area contributed by atoms with E-state index in [1.807, 2.05) is 61.3 Å². The summed E-state index contributed by atoms with van der Waals surface area (Å²) in [6.07, 6.45) is 0.244. The standard InChI is InChI=1S/C24H21N3O3/c1-15-7-3-6-10-19(15)27-22(29)24(21(28)25-23(27)30)13-18-17-9-5-4-8-16(17)11-12-20(18)26(2)14-24/h3-12H,13-14H2,1-2H3,(H,25,28,30)/t24-/m0/s1. The van der Waals surface area contributed by atoms with Gasteiger partial charge in [-0.2, -0.15) is 0 Å². The van der Waals surface area contributed by atoms with Gasteiger partial charge in [0.15, 0.2) is 5.41 Å². The van der Waals surface area contributed by atoms with E-state index in [-0.39, 0.29) is 13.0 Å². The summed E-state index contributed by atoms with van der Waals surface area (Å²) in [5, 5.41) is 4.51. The SMILES string of the molecule is Cc1ccccc1N1C(=O)NC(=O)[C@@]2(Cc3c(ccc4ccccc34)N(C)C2)C1=O. The molecule has 1 fully saturated rings. The highest BCUT2D eigenvalue weighted by molar-refractivity contribution is 6.30. The van der Waals surface area contributed by atoms with Gasteiger partial charge in [0.05, 0.1) is 5.69 Å². The van der Waals surface area contributed by atoms with E-state index >= 15 is 0 Å². The molecule has 6 nitrogen and oxygen atoms in total. The van der Waals surface area contributed by atoms with Crippen LogP contribution in [0.5, 0.6) is 0 Å². The van der Waals surface area contributed by atoms with Crippen LogP contribution in [0.15, 0.2) is 60.7 Å². The van der Waals surface area contributed by atoms with Crippen molar-refractivity contribution in [2.24, 2.45) is 5.41 Å². The Hall–Kier alpha value is -3.67. The molecule has 0 aliphatic carbocycles. The molecule has 6 heteroatoms. The number of imide groups is 2. The molecule has 2 aliphatic rings. The molecule has 1 spiro atoms. The summed E-state index contributed by atoms with van der Waals surface area (Å²) < 4.78 is 0. The minimum Gasteiger partial charge on any atom is -0.373 e. The highest BCUT2D eigenvalue weighted by Crippen LogP contribution is 2.43. The van der Waals surface area contributed by atoms with Crippen molar-refractivity contribution in [1.29, 1.82) is 0 Å². The number of fused-ring (bicyclic) bond motifs is 3. The number of anilines is 2. The summed E-state index contributed by atoms with van der Waals surface area (Å²) >= 11 is 0. The number of carbonyl (C=O) groups is 3. The van der Waals surface area contributed by atoms with Crippen LogP contribution in [-0.4, -0.2) is 31.4 Å². The quantitative estimate of drug-likeness (QED) is 0.637. The molecule has 0 unspecified atom stereocenters. The highest BCUT2D eigenvalue weighted by atomic mass is 16.2. The third-order valence-corrected chi connectivity index (χ3v) is 6.24. The molecule has 3 aromatic rings. The molecule has 30 heavy (non-hydrogen) atoms. The minimum atomic E-state index is -1.37. The maximum atomic E-state index is 13.8. The Labute approximate surface area is 174 Å². The van der Waals surface area contributed by atoms with Gasteiger partial charge in [-0.1, -0.05) is 48.5 Å². The van der Waals surface area contributed by atoms with Crippen molar-refractivity contribution in [1.82, 2.24) is 5.32 Å². The van der Waals surface area contributed by atoms with Crippen LogP contribution < -0.4 is 15.1 Å². The Balaban J connectivity index is 1.68. The number of hydrogen-bond donors (Lipinski definition) is 1. The molecule has 5 rings (SSSR count). The first-order chi connectivity index (χ1) is 14.4. The van der Waals surface area contributed by atoms with Gasteiger partial charge in [0.2, 0.25) is 5.91 Å². The number of amides is 4. The van der Waals surface area contributed by atoms with E-state index in [0.717, 1.165) is 32.5 Å². The number of nitrogens with one attached hydrogen (secondary N) is 1. The number of barbiturate groups is 1. The molecule has 0 aromatic heterocycles. The number of nitrogens with zero attached hydrogens (tertiary/aromatic N) is 2. The second-order valence-electron chi connectivity index (χ2n) is 8.09. The molecule has 2 heterocycles. The normalized spacial score (nSPS) is 21.2. The van der Waals surface area contributed by atoms with E-state index in [2.05, 4.69) is 11.4 Å². The zero-order valence-electron chi connectivity index (χ0n) is 16.8. The first-order valence-corrected chi connectivity index (χ1v) is 9.90. The van der Waals surface area contributed by atoms with Gasteiger partial charge in [-0.15, -0.1) is 0 Å². The van der Waals surface area contributed by atoms with Gasteiger partial charge in [-0.25, -0.2) is 9.69 Å². The molecular weight excluding hydrogens is 378 g/mol. The molecule has 4 amide bonds. The first kappa shape index (κ1) is 18.4. The maximum Gasteiger partial charge on any atom is 0.335 e. The van der Waals surface area contributed by atoms with Gasteiger partial charge in [0.1, 0.15) is 0 Å². The van der Waals surface area contributed by atoms with E-state index in [4.69, 9.17) is 0 Å². The van der Waals surface area contributed by atoms with Crippen LogP contribution in [-0.2, 0) is 16.0 Å². The van der Waals surface area contributed by atoms with Gasteiger partial charge >= 0.3 is 6.03 Å². The number of para-hydroxylation sites is 1. The predicted molar refractivity (Wildman–Crippen MR) is 116 cm³/mol. The number of urea groups is 1. The lowest BCUT2D eigenvalue weighted by Crippen LogP contribution is -2.68. The van der Waals surface area contributed by atoms with Crippen LogP contribution in [0.4, 0.5) is 16.2 Å². The fourth-order valence-corrected chi connectivity index (χ4v) is 4.72. The number of carbonyl (C=O) groups excluding carboxylic acids is 3.